The number of nitrogens with two attached hydrogens (primary N) is 2. The number of rotatable bonds is 6. The van der Waals surface area contributed by atoms with Gasteiger partial charge in [-0.25, -0.2) is 14.8 Å². The van der Waals surface area contributed by atoms with Gasteiger partial charge < -0.3 is 20.9 Å². The highest BCUT2D eigenvalue weighted by molar-refractivity contribution is 7.98. The number of hydrogen-bond acceptors (Lipinski definition) is 9. The quantitative estimate of drug-likeness (QED) is 0.184. The molecule has 4 rings (SSSR count). The van der Waals surface area contributed by atoms with Gasteiger partial charge in [-0.05, 0) is 24.0 Å². The number of aromatic nitrogens is 2. The monoisotopic (exact) mass is 466 g/mol. The van der Waals surface area contributed by atoms with E-state index < -0.39 is 12.1 Å². The smallest absolute Gasteiger partial charge is 0.429 e. The lowest BCUT2D eigenvalue weighted by molar-refractivity contribution is 0.0927. The first-order valence-corrected chi connectivity index (χ1v) is 11.4. The van der Waals surface area contributed by atoms with E-state index in [1.165, 1.54) is 11.8 Å². The molecule has 2 aromatic heterocycles. The number of ether oxygens (including phenoxy) is 2. The molecule has 1 amide bonds. The maximum atomic E-state index is 12.1. The Morgan fingerprint density at radius 3 is 2.59 bits per heavy atom. The normalized spacial score (nSPS) is 10.8. The molecule has 10 heteroatoms. The van der Waals surface area contributed by atoms with Crippen LogP contribution in [0.3, 0.4) is 0 Å². The lowest BCUT2D eigenvalue weighted by atomic mass is 10.1. The van der Waals surface area contributed by atoms with E-state index in [2.05, 4.69) is 9.97 Å². The lowest BCUT2D eigenvalue weighted by Gasteiger charge is -2.09. The van der Waals surface area contributed by atoms with Crippen LogP contribution in [0.25, 0.3) is 21.5 Å². The van der Waals surface area contributed by atoms with Crippen LogP contribution in [0.2, 0.25) is 0 Å². The highest BCUT2D eigenvalue weighted by Gasteiger charge is 2.21. The highest BCUT2D eigenvalue weighted by Crippen LogP contribution is 2.39. The summed E-state index contributed by atoms with van der Waals surface area (Å²) < 4.78 is 10.5. The van der Waals surface area contributed by atoms with E-state index in [0.29, 0.717) is 26.6 Å². The Morgan fingerprint density at radius 1 is 1.09 bits per heavy atom. The maximum absolute atomic E-state index is 12.1. The van der Waals surface area contributed by atoms with Gasteiger partial charge in [0, 0.05) is 5.56 Å². The summed E-state index contributed by atoms with van der Waals surface area (Å²) in [6.45, 7) is 0.101. The number of thioether (sulfide) groups is 1. The first-order chi connectivity index (χ1) is 15.5. The number of carbonyl (C=O) groups excluding carboxylic acids is 2. The Kier molecular flexibility index (Phi) is 6.24. The zero-order valence-corrected chi connectivity index (χ0v) is 18.5. The maximum Gasteiger partial charge on any atom is 0.514 e. The van der Waals surface area contributed by atoms with E-state index in [9.17, 15) is 9.59 Å². The fourth-order valence-electron chi connectivity index (χ4n) is 3.03. The molecule has 2 heterocycles. The third-order valence-corrected chi connectivity index (χ3v) is 6.14. The molecular weight excluding hydrogens is 448 g/mol. The van der Waals surface area contributed by atoms with Gasteiger partial charge in [-0.3, -0.25) is 4.79 Å². The van der Waals surface area contributed by atoms with Gasteiger partial charge in [0.2, 0.25) is 0 Å². The van der Waals surface area contributed by atoms with Crippen molar-refractivity contribution >= 4 is 51.1 Å². The van der Waals surface area contributed by atoms with Crippen molar-refractivity contribution in [2.45, 2.75) is 11.8 Å². The Morgan fingerprint density at radius 2 is 1.88 bits per heavy atom. The molecule has 0 spiro atoms. The number of amides is 1. The van der Waals surface area contributed by atoms with Crippen LogP contribution in [0.4, 0.5) is 10.5 Å². The zero-order valence-electron chi connectivity index (χ0n) is 16.9. The number of nitrogen functional groups attached to an aromatic ring is 1. The minimum Gasteiger partial charge on any atom is -0.429 e. The van der Waals surface area contributed by atoms with Gasteiger partial charge in [-0.2, -0.15) is 0 Å². The van der Waals surface area contributed by atoms with Gasteiger partial charge in [0.05, 0.1) is 16.8 Å². The van der Waals surface area contributed by atoms with Crippen LogP contribution in [0.1, 0.15) is 15.2 Å². The molecule has 32 heavy (non-hydrogen) atoms. The molecule has 0 bridgehead atoms. The summed E-state index contributed by atoms with van der Waals surface area (Å²) in [6.07, 6.45) is 1.02. The minimum atomic E-state index is -0.824. The number of fused-ring (bicyclic) bond motifs is 1. The molecule has 4 aromatic rings. The van der Waals surface area contributed by atoms with Crippen molar-refractivity contribution in [3.05, 3.63) is 65.0 Å². The van der Waals surface area contributed by atoms with E-state index in [1.54, 1.807) is 24.3 Å². The Labute approximate surface area is 191 Å². The Balaban J connectivity index is 1.64. The Hall–Kier alpha value is -3.63. The number of carbonyl (C=O) groups is 2. The third kappa shape index (κ3) is 4.51. The van der Waals surface area contributed by atoms with Crippen LogP contribution in [0.15, 0.2) is 59.8 Å². The third-order valence-electron chi connectivity index (χ3n) is 4.48. The average molecular weight is 467 g/mol. The van der Waals surface area contributed by atoms with Crippen LogP contribution < -0.4 is 16.2 Å². The summed E-state index contributed by atoms with van der Waals surface area (Å²) in [6, 6.07) is 16.1. The second-order valence-corrected chi connectivity index (χ2v) is 8.37. The van der Waals surface area contributed by atoms with Crippen molar-refractivity contribution < 1.29 is 19.1 Å². The second-order valence-electron chi connectivity index (χ2n) is 6.60. The summed E-state index contributed by atoms with van der Waals surface area (Å²) in [5, 5.41) is 1.05. The summed E-state index contributed by atoms with van der Waals surface area (Å²) in [7, 11) is 0. The van der Waals surface area contributed by atoms with Crippen molar-refractivity contribution in [1.29, 1.82) is 0 Å². The SMILES string of the molecule is CSc1nc(-c2cccc(OC(=O)OCc3ccccc3)c2)c2c(N)c(C(N)=O)sc2n1. The lowest BCUT2D eigenvalue weighted by Crippen LogP contribution is -2.11. The largest absolute Gasteiger partial charge is 0.514 e. The Bertz CT molecular complexity index is 1310. The first-order valence-electron chi connectivity index (χ1n) is 9.39. The van der Waals surface area contributed by atoms with Crippen molar-refractivity contribution in [1.82, 2.24) is 9.97 Å². The first kappa shape index (κ1) is 21.6. The van der Waals surface area contributed by atoms with Gasteiger partial charge in [0.15, 0.2) is 5.16 Å². The molecular formula is C22H18N4O4S2. The van der Waals surface area contributed by atoms with Crippen LogP contribution >= 0.6 is 23.1 Å². The van der Waals surface area contributed by atoms with Gasteiger partial charge in [0.1, 0.15) is 22.1 Å². The molecule has 0 saturated carbocycles. The van der Waals surface area contributed by atoms with E-state index >= 15 is 0 Å². The van der Waals surface area contributed by atoms with E-state index in [4.69, 9.17) is 20.9 Å². The molecule has 4 N–H and O–H groups in total. The number of benzene rings is 2. The predicted molar refractivity (Wildman–Crippen MR) is 125 cm³/mol. The molecule has 0 atom stereocenters. The topological polar surface area (TPSA) is 130 Å². The van der Waals surface area contributed by atoms with E-state index in [1.807, 2.05) is 36.6 Å². The molecule has 0 unspecified atom stereocenters. The van der Waals surface area contributed by atoms with Crippen molar-refractivity contribution in [3.8, 4) is 17.0 Å². The molecule has 162 valence electrons. The van der Waals surface area contributed by atoms with Crippen LogP contribution in [0.5, 0.6) is 5.75 Å². The van der Waals surface area contributed by atoms with E-state index in [-0.39, 0.29) is 22.9 Å². The van der Waals surface area contributed by atoms with Gasteiger partial charge in [-0.1, -0.05) is 54.2 Å². The number of anilines is 1. The van der Waals surface area contributed by atoms with Crippen LogP contribution in [0, 0.1) is 0 Å². The number of hydrogen-bond donors (Lipinski definition) is 2. The predicted octanol–water partition coefficient (Wildman–Crippen LogP) is 4.48. The van der Waals surface area contributed by atoms with Gasteiger partial charge in [-0.15, -0.1) is 11.3 Å². The molecule has 0 aliphatic carbocycles. The zero-order chi connectivity index (χ0) is 22.7. The molecule has 0 radical (unpaired) electrons. The van der Waals surface area contributed by atoms with Crippen molar-refractivity contribution in [2.24, 2.45) is 5.73 Å². The molecule has 0 fully saturated rings. The molecule has 2 aromatic carbocycles. The fourth-order valence-corrected chi connectivity index (χ4v) is 4.40. The highest BCUT2D eigenvalue weighted by atomic mass is 32.2. The summed E-state index contributed by atoms with van der Waals surface area (Å²) in [5.41, 5.74) is 13.9. The number of primary amides is 1. The molecule has 0 saturated heterocycles. The van der Waals surface area contributed by atoms with Gasteiger partial charge in [0.25, 0.3) is 5.91 Å². The summed E-state index contributed by atoms with van der Waals surface area (Å²) >= 11 is 2.48. The summed E-state index contributed by atoms with van der Waals surface area (Å²) in [4.78, 5) is 33.7. The summed E-state index contributed by atoms with van der Waals surface area (Å²) in [5.74, 6) is -0.345. The van der Waals surface area contributed by atoms with E-state index in [0.717, 1.165) is 16.9 Å². The van der Waals surface area contributed by atoms with Crippen LogP contribution in [-0.2, 0) is 11.3 Å². The van der Waals surface area contributed by atoms with Crippen LogP contribution in [-0.4, -0.2) is 28.3 Å². The standard InChI is InChI=1S/C22H18N4O4S2/c1-31-21-25-17(15-16(23)18(19(24)27)32-20(15)26-21)13-8-5-9-14(10-13)30-22(28)29-11-12-6-3-2-4-7-12/h2-10H,11,23H2,1H3,(H2,24,27). The van der Waals surface area contributed by atoms with Crippen molar-refractivity contribution in [3.63, 3.8) is 0 Å². The second kappa shape index (κ2) is 9.25. The molecule has 0 aliphatic heterocycles. The number of nitrogens with zero attached hydrogens (tertiary/aromatic N) is 2. The average Bonchev–Trinajstić information content (AvgIpc) is 3.14. The van der Waals surface area contributed by atoms with Crippen molar-refractivity contribution in [2.75, 3.05) is 12.0 Å². The minimum absolute atomic E-state index is 0.101. The fraction of sp³-hybridized carbons (Fsp3) is 0.0909. The number of thiophene rings is 1. The molecule has 8 nitrogen and oxygen atoms in total. The van der Waals surface area contributed by atoms with Gasteiger partial charge >= 0.3 is 6.16 Å². The molecule has 0 aliphatic rings.